The molecule has 0 amide bonds. The monoisotopic (exact) mass is 655 g/mol. The topological polar surface area (TPSA) is 61.0 Å². The summed E-state index contributed by atoms with van der Waals surface area (Å²) < 4.78 is 12.9. The maximum Gasteiger partial charge on any atom is 0.167 e. The Kier molecular flexibility index (Phi) is 6.64. The van der Waals surface area contributed by atoms with E-state index in [0.29, 0.717) is 17.5 Å². The van der Waals surface area contributed by atoms with Gasteiger partial charge in [0, 0.05) is 33.0 Å². The number of hydrogen-bond acceptors (Lipinski definition) is 5. The van der Waals surface area contributed by atoms with Gasteiger partial charge in [0.05, 0.1) is 11.0 Å². The Balaban J connectivity index is 1.17. The molecule has 1 aliphatic heterocycles. The van der Waals surface area contributed by atoms with Crippen LogP contribution in [0.4, 0.5) is 0 Å². The van der Waals surface area contributed by atoms with Crippen molar-refractivity contribution >= 4 is 21.9 Å². The number of hydrogen-bond donors (Lipinski definition) is 0. The van der Waals surface area contributed by atoms with Crippen molar-refractivity contribution in [3.63, 3.8) is 0 Å². The van der Waals surface area contributed by atoms with Gasteiger partial charge < -0.3 is 9.15 Å². The predicted molar refractivity (Wildman–Crippen MR) is 202 cm³/mol. The Bertz CT molecular complexity index is 2670. The van der Waals surface area contributed by atoms with Crippen molar-refractivity contribution in [2.24, 2.45) is 0 Å². The van der Waals surface area contributed by atoms with E-state index in [2.05, 4.69) is 103 Å². The molecule has 0 atom stereocenters. The Labute approximate surface area is 294 Å². The van der Waals surface area contributed by atoms with E-state index in [0.717, 1.165) is 72.4 Å². The normalized spacial score (nSPS) is 13.0. The third kappa shape index (κ3) is 4.59. The first-order valence-electron chi connectivity index (χ1n) is 17.0. The van der Waals surface area contributed by atoms with Crippen molar-refractivity contribution in [2.75, 3.05) is 0 Å². The van der Waals surface area contributed by atoms with Crippen LogP contribution >= 0.6 is 0 Å². The van der Waals surface area contributed by atoms with Crippen molar-refractivity contribution < 1.29 is 9.15 Å². The number of nitrogens with zero attached hydrogens (tertiary/aromatic N) is 3. The predicted octanol–water partition coefficient (Wildman–Crippen LogP) is 11.3. The van der Waals surface area contributed by atoms with E-state index in [-0.39, 0.29) is 0 Å². The highest BCUT2D eigenvalue weighted by Crippen LogP contribution is 2.55. The summed E-state index contributed by atoms with van der Waals surface area (Å²) in [5, 5.41) is 2.09. The Morgan fingerprint density at radius 2 is 0.922 bits per heavy atom. The van der Waals surface area contributed by atoms with Crippen LogP contribution in [-0.4, -0.2) is 15.0 Å². The van der Waals surface area contributed by atoms with E-state index in [9.17, 15) is 0 Å². The molecule has 0 saturated carbocycles. The maximum atomic E-state index is 6.49. The minimum absolute atomic E-state index is 0.556. The standard InChI is InChI=1S/C46H29N3O2/c1-3-14-30(15-4-1)43-47-44(49-45(48-43)36-20-13-19-35-34-18-7-10-23-39(34)51-42(35)36)31-26-28-33(29-27-31)46(32-16-5-2-6-17-32)37-21-8-11-24-40(37)50-41-25-12-9-22-38(41)46/h1-29H. The molecular formula is C46H29N3O2. The van der Waals surface area contributed by atoms with E-state index >= 15 is 0 Å². The van der Waals surface area contributed by atoms with Crippen LogP contribution in [0.2, 0.25) is 0 Å². The highest BCUT2D eigenvalue weighted by molar-refractivity contribution is 6.09. The molecule has 0 aliphatic carbocycles. The van der Waals surface area contributed by atoms with Crippen LogP contribution in [0.1, 0.15) is 22.3 Å². The van der Waals surface area contributed by atoms with Crippen molar-refractivity contribution in [1.29, 1.82) is 0 Å². The molecule has 240 valence electrons. The van der Waals surface area contributed by atoms with Crippen LogP contribution < -0.4 is 4.74 Å². The molecule has 0 bridgehead atoms. The Hall–Kier alpha value is -6.85. The van der Waals surface area contributed by atoms with Crippen molar-refractivity contribution in [1.82, 2.24) is 15.0 Å². The first-order chi connectivity index (χ1) is 25.3. The second-order valence-electron chi connectivity index (χ2n) is 12.7. The minimum atomic E-state index is -0.610. The average Bonchev–Trinajstić information content (AvgIpc) is 3.60. The van der Waals surface area contributed by atoms with Crippen LogP contribution in [0.3, 0.4) is 0 Å². The highest BCUT2D eigenvalue weighted by atomic mass is 16.5. The molecular weight excluding hydrogens is 627 g/mol. The Morgan fingerprint density at radius 1 is 0.392 bits per heavy atom. The van der Waals surface area contributed by atoms with Gasteiger partial charge in [0.2, 0.25) is 0 Å². The number of benzene rings is 7. The van der Waals surface area contributed by atoms with Crippen molar-refractivity contribution in [3.05, 3.63) is 198 Å². The fourth-order valence-corrected chi connectivity index (χ4v) is 7.61. The molecule has 3 heterocycles. The summed E-state index contributed by atoms with van der Waals surface area (Å²) in [7, 11) is 0. The molecule has 1 aliphatic rings. The molecule has 0 N–H and O–H groups in total. The third-order valence-electron chi connectivity index (χ3n) is 9.90. The first kappa shape index (κ1) is 29.1. The molecule has 5 nitrogen and oxygen atoms in total. The lowest BCUT2D eigenvalue weighted by molar-refractivity contribution is 0.434. The molecule has 5 heteroatoms. The zero-order valence-corrected chi connectivity index (χ0v) is 27.4. The van der Waals surface area contributed by atoms with Gasteiger partial charge in [-0.1, -0.05) is 152 Å². The molecule has 0 unspecified atom stereocenters. The van der Waals surface area contributed by atoms with Gasteiger partial charge in [0.25, 0.3) is 0 Å². The summed E-state index contributed by atoms with van der Waals surface area (Å²) in [6, 6.07) is 60.3. The first-order valence-corrected chi connectivity index (χ1v) is 17.0. The Morgan fingerprint density at radius 3 is 1.63 bits per heavy atom. The molecule has 51 heavy (non-hydrogen) atoms. The molecule has 2 aromatic heterocycles. The summed E-state index contributed by atoms with van der Waals surface area (Å²) in [5.74, 6) is 3.43. The highest BCUT2D eigenvalue weighted by Gasteiger charge is 2.45. The number of ether oxygens (including phenoxy) is 1. The average molecular weight is 656 g/mol. The fourth-order valence-electron chi connectivity index (χ4n) is 7.61. The quantitative estimate of drug-likeness (QED) is 0.185. The van der Waals surface area contributed by atoms with E-state index in [4.69, 9.17) is 24.1 Å². The number of rotatable bonds is 5. The molecule has 0 spiro atoms. The van der Waals surface area contributed by atoms with Gasteiger partial charge in [-0.2, -0.15) is 0 Å². The van der Waals surface area contributed by atoms with E-state index in [1.54, 1.807) is 0 Å². The van der Waals surface area contributed by atoms with Gasteiger partial charge in [0.1, 0.15) is 22.7 Å². The number of aromatic nitrogens is 3. The smallest absolute Gasteiger partial charge is 0.167 e. The van der Waals surface area contributed by atoms with Crippen LogP contribution in [0, 0.1) is 0 Å². The summed E-state index contributed by atoms with van der Waals surface area (Å²) in [5.41, 5.74) is 8.05. The minimum Gasteiger partial charge on any atom is -0.457 e. The molecule has 7 aromatic carbocycles. The SMILES string of the molecule is c1ccc(-c2nc(-c3ccc(C4(c5ccccc5)c5ccccc5Oc5ccccc54)cc3)nc(-c3cccc4c3oc3ccccc34)n2)cc1. The van der Waals surface area contributed by atoms with Crippen LogP contribution in [-0.2, 0) is 5.41 Å². The van der Waals surface area contributed by atoms with Gasteiger partial charge in [0.15, 0.2) is 17.5 Å². The lowest BCUT2D eigenvalue weighted by atomic mass is 9.63. The van der Waals surface area contributed by atoms with Crippen LogP contribution in [0.25, 0.3) is 56.1 Å². The summed E-state index contributed by atoms with van der Waals surface area (Å²) in [4.78, 5) is 15.2. The van der Waals surface area contributed by atoms with Gasteiger partial charge in [-0.25, -0.2) is 15.0 Å². The fraction of sp³-hybridized carbons (Fsp3) is 0.0217. The zero-order valence-electron chi connectivity index (χ0n) is 27.4. The van der Waals surface area contributed by atoms with Crippen molar-refractivity contribution in [2.45, 2.75) is 5.41 Å². The van der Waals surface area contributed by atoms with Crippen LogP contribution in [0.15, 0.2) is 180 Å². The molecule has 9 aromatic rings. The molecule has 10 rings (SSSR count). The second-order valence-corrected chi connectivity index (χ2v) is 12.7. The molecule has 0 saturated heterocycles. The van der Waals surface area contributed by atoms with Crippen molar-refractivity contribution in [3.8, 4) is 45.7 Å². The van der Waals surface area contributed by atoms with E-state index in [1.165, 1.54) is 0 Å². The lowest BCUT2D eigenvalue weighted by Crippen LogP contribution is -2.34. The van der Waals surface area contributed by atoms with Gasteiger partial charge in [-0.15, -0.1) is 0 Å². The molecule has 0 fully saturated rings. The van der Waals surface area contributed by atoms with Gasteiger partial charge in [-0.3, -0.25) is 0 Å². The van der Waals surface area contributed by atoms with Crippen LogP contribution in [0.5, 0.6) is 11.5 Å². The zero-order chi connectivity index (χ0) is 33.8. The van der Waals surface area contributed by atoms with Gasteiger partial charge in [-0.05, 0) is 35.4 Å². The number of fused-ring (bicyclic) bond motifs is 5. The third-order valence-corrected chi connectivity index (χ3v) is 9.90. The summed E-state index contributed by atoms with van der Waals surface area (Å²) in [6.45, 7) is 0. The molecule has 0 radical (unpaired) electrons. The summed E-state index contributed by atoms with van der Waals surface area (Å²) in [6.07, 6.45) is 0. The lowest BCUT2D eigenvalue weighted by Gasteiger charge is -2.41. The maximum absolute atomic E-state index is 6.49. The van der Waals surface area contributed by atoms with E-state index < -0.39 is 5.41 Å². The number of para-hydroxylation sites is 4. The second kappa shape index (κ2) is 11.6. The summed E-state index contributed by atoms with van der Waals surface area (Å²) >= 11 is 0. The van der Waals surface area contributed by atoms with E-state index in [1.807, 2.05) is 72.8 Å². The largest absolute Gasteiger partial charge is 0.457 e. The number of furan rings is 1. The van der Waals surface area contributed by atoms with Gasteiger partial charge >= 0.3 is 0 Å².